The number of fused-ring (bicyclic) bond motifs is 1. The number of nitrogens with two attached hydrogens (primary N) is 1. The summed E-state index contributed by atoms with van der Waals surface area (Å²) in [5, 5.41) is 3.00. The largest absolute Gasteiger partial charge is 0.326 e. The molecule has 0 saturated heterocycles. The molecular weight excluding hydrogens is 236 g/mol. The summed E-state index contributed by atoms with van der Waals surface area (Å²) in [6.07, 6.45) is 2.30. The Balaban J connectivity index is 2.47. The van der Waals surface area contributed by atoms with E-state index >= 15 is 0 Å². The number of carbonyl (C=O) groups is 1. The number of carbonyl (C=O) groups excluding carboxylic acids is 1. The molecule has 3 heteroatoms. The van der Waals surface area contributed by atoms with E-state index < -0.39 is 0 Å². The second kappa shape index (κ2) is 4.97. The Hall–Kier alpha value is -1.35. The first-order chi connectivity index (χ1) is 8.82. The number of aryl methyl sites for hydroxylation is 2. The molecule has 2 rings (SSSR count). The van der Waals surface area contributed by atoms with Gasteiger partial charge in [0.15, 0.2) is 0 Å². The van der Waals surface area contributed by atoms with Crippen molar-refractivity contribution in [2.75, 3.05) is 5.32 Å². The molecule has 3 nitrogen and oxygen atoms in total. The minimum atomic E-state index is 0.0146. The van der Waals surface area contributed by atoms with Crippen LogP contribution in [-0.4, -0.2) is 5.91 Å². The molecule has 1 atom stereocenters. The predicted molar refractivity (Wildman–Crippen MR) is 79.2 cm³/mol. The molecule has 1 amide bonds. The fourth-order valence-corrected chi connectivity index (χ4v) is 2.56. The van der Waals surface area contributed by atoms with Crippen LogP contribution in [0, 0.1) is 5.41 Å². The van der Waals surface area contributed by atoms with Crippen molar-refractivity contribution in [3.8, 4) is 0 Å². The summed E-state index contributed by atoms with van der Waals surface area (Å²) >= 11 is 0. The van der Waals surface area contributed by atoms with Crippen molar-refractivity contribution in [1.29, 1.82) is 0 Å². The maximum Gasteiger partial charge on any atom is 0.224 e. The molecular formula is C16H24N2O. The van der Waals surface area contributed by atoms with Crippen LogP contribution >= 0.6 is 0 Å². The Morgan fingerprint density at radius 2 is 2.00 bits per heavy atom. The molecule has 1 heterocycles. The van der Waals surface area contributed by atoms with Crippen molar-refractivity contribution >= 4 is 11.6 Å². The first kappa shape index (κ1) is 14.1. The minimum Gasteiger partial charge on any atom is -0.326 e. The van der Waals surface area contributed by atoms with Gasteiger partial charge in [-0.25, -0.2) is 0 Å². The Kier molecular flexibility index (Phi) is 3.68. The third-order valence-electron chi connectivity index (χ3n) is 3.88. The van der Waals surface area contributed by atoms with E-state index in [0.29, 0.717) is 6.42 Å². The van der Waals surface area contributed by atoms with E-state index in [0.717, 1.165) is 18.5 Å². The van der Waals surface area contributed by atoms with Crippen molar-refractivity contribution in [2.45, 2.75) is 53.0 Å². The molecule has 104 valence electrons. The number of hydrogen-bond acceptors (Lipinski definition) is 2. The number of benzene rings is 1. The first-order valence-corrected chi connectivity index (χ1v) is 7.04. The van der Waals surface area contributed by atoms with Gasteiger partial charge in [0.2, 0.25) is 5.91 Å². The number of anilines is 1. The lowest BCUT2D eigenvalue weighted by molar-refractivity contribution is -0.116. The van der Waals surface area contributed by atoms with Gasteiger partial charge in [0.25, 0.3) is 0 Å². The average molecular weight is 260 g/mol. The van der Waals surface area contributed by atoms with Gasteiger partial charge in [0, 0.05) is 18.2 Å². The van der Waals surface area contributed by atoms with E-state index in [1.807, 2.05) is 0 Å². The second-order valence-corrected chi connectivity index (χ2v) is 6.46. The zero-order valence-corrected chi connectivity index (χ0v) is 12.3. The van der Waals surface area contributed by atoms with Gasteiger partial charge in [-0.3, -0.25) is 4.79 Å². The third-order valence-corrected chi connectivity index (χ3v) is 3.88. The van der Waals surface area contributed by atoms with Crippen molar-refractivity contribution in [2.24, 2.45) is 11.1 Å². The van der Waals surface area contributed by atoms with Crippen molar-refractivity contribution in [1.82, 2.24) is 0 Å². The molecule has 3 N–H and O–H groups in total. The van der Waals surface area contributed by atoms with Crippen LogP contribution in [-0.2, 0) is 17.6 Å². The monoisotopic (exact) mass is 260 g/mol. The van der Waals surface area contributed by atoms with Crippen molar-refractivity contribution in [3.05, 3.63) is 28.8 Å². The Labute approximate surface area is 115 Å². The normalized spacial score (nSPS) is 16.8. The lowest BCUT2D eigenvalue weighted by atomic mass is 9.81. The topological polar surface area (TPSA) is 55.1 Å². The Bertz CT molecular complexity index is 483. The summed E-state index contributed by atoms with van der Waals surface area (Å²) in [5.74, 6) is 0.120. The maximum absolute atomic E-state index is 11.5. The van der Waals surface area contributed by atoms with Gasteiger partial charge in [-0.05, 0) is 34.9 Å². The van der Waals surface area contributed by atoms with Crippen LogP contribution < -0.4 is 11.1 Å². The van der Waals surface area contributed by atoms with E-state index in [2.05, 4.69) is 45.1 Å². The summed E-state index contributed by atoms with van der Waals surface area (Å²) in [7, 11) is 0. The van der Waals surface area contributed by atoms with Crippen LogP contribution in [0.4, 0.5) is 5.69 Å². The summed E-state index contributed by atoms with van der Waals surface area (Å²) in [4.78, 5) is 11.5. The fraction of sp³-hybridized carbons (Fsp3) is 0.562. The van der Waals surface area contributed by atoms with Gasteiger partial charge < -0.3 is 11.1 Å². The molecule has 0 bridgehead atoms. The molecule has 0 saturated carbocycles. The summed E-state index contributed by atoms with van der Waals surface area (Å²) in [6, 6.07) is 4.34. The van der Waals surface area contributed by atoms with Crippen molar-refractivity contribution in [3.63, 3.8) is 0 Å². The minimum absolute atomic E-state index is 0.0146. The lowest BCUT2D eigenvalue weighted by Gasteiger charge is -2.30. The zero-order valence-electron chi connectivity index (χ0n) is 12.3. The van der Waals surface area contributed by atoms with Crippen LogP contribution in [0.25, 0.3) is 0 Å². The number of amides is 1. The van der Waals surface area contributed by atoms with Gasteiger partial charge in [-0.15, -0.1) is 0 Å². The summed E-state index contributed by atoms with van der Waals surface area (Å²) in [6.45, 7) is 8.59. The van der Waals surface area contributed by atoms with E-state index in [4.69, 9.17) is 5.73 Å². The van der Waals surface area contributed by atoms with Gasteiger partial charge >= 0.3 is 0 Å². The highest BCUT2D eigenvalue weighted by Crippen LogP contribution is 2.35. The van der Waals surface area contributed by atoms with Crippen LogP contribution in [0.15, 0.2) is 12.1 Å². The molecule has 1 aromatic rings. The molecule has 0 aliphatic carbocycles. The number of rotatable bonds is 2. The molecule has 1 aliphatic heterocycles. The van der Waals surface area contributed by atoms with Gasteiger partial charge in [0.05, 0.1) is 0 Å². The Morgan fingerprint density at radius 3 is 2.58 bits per heavy atom. The van der Waals surface area contributed by atoms with Gasteiger partial charge in [-0.1, -0.05) is 39.8 Å². The van der Waals surface area contributed by atoms with Gasteiger partial charge in [0.1, 0.15) is 0 Å². The zero-order chi connectivity index (χ0) is 14.2. The van der Waals surface area contributed by atoms with Crippen molar-refractivity contribution < 1.29 is 4.79 Å². The molecule has 0 fully saturated rings. The smallest absolute Gasteiger partial charge is 0.224 e. The second-order valence-electron chi connectivity index (χ2n) is 6.46. The molecule has 0 radical (unpaired) electrons. The Morgan fingerprint density at radius 1 is 1.32 bits per heavy atom. The van der Waals surface area contributed by atoms with E-state index in [1.165, 1.54) is 16.7 Å². The third kappa shape index (κ3) is 2.81. The van der Waals surface area contributed by atoms with Crippen LogP contribution in [0.2, 0.25) is 0 Å². The lowest BCUT2D eigenvalue weighted by Crippen LogP contribution is -2.27. The summed E-state index contributed by atoms with van der Waals surface area (Å²) < 4.78 is 0. The van der Waals surface area contributed by atoms with E-state index in [1.54, 1.807) is 0 Å². The predicted octanol–water partition coefficient (Wildman–Crippen LogP) is 3.18. The standard InChI is InChI=1S/C16H24N2O/c1-5-10-8-12(15(17)16(2,3)4)9-11-6-7-13(19)18-14(10)11/h8-9,15H,5-7,17H2,1-4H3,(H,18,19). The van der Waals surface area contributed by atoms with Crippen LogP contribution in [0.3, 0.4) is 0 Å². The van der Waals surface area contributed by atoms with Crippen LogP contribution in [0.5, 0.6) is 0 Å². The molecule has 1 aliphatic rings. The summed E-state index contributed by atoms with van der Waals surface area (Å²) in [5.41, 5.74) is 11.0. The molecule has 19 heavy (non-hydrogen) atoms. The molecule has 1 aromatic carbocycles. The molecule has 0 aromatic heterocycles. The van der Waals surface area contributed by atoms with Gasteiger partial charge in [-0.2, -0.15) is 0 Å². The molecule has 1 unspecified atom stereocenters. The highest BCUT2D eigenvalue weighted by atomic mass is 16.1. The van der Waals surface area contributed by atoms with E-state index in [9.17, 15) is 4.79 Å². The maximum atomic E-state index is 11.5. The number of hydrogen-bond donors (Lipinski definition) is 2. The highest BCUT2D eigenvalue weighted by molar-refractivity contribution is 5.95. The SMILES string of the molecule is CCc1cc(C(N)C(C)(C)C)cc2c1NC(=O)CC2. The first-order valence-electron chi connectivity index (χ1n) is 7.04. The quantitative estimate of drug-likeness (QED) is 0.858. The highest BCUT2D eigenvalue weighted by Gasteiger charge is 2.25. The van der Waals surface area contributed by atoms with E-state index in [-0.39, 0.29) is 17.4 Å². The molecule has 0 spiro atoms. The van der Waals surface area contributed by atoms with Crippen LogP contribution in [0.1, 0.15) is 56.8 Å². The fourth-order valence-electron chi connectivity index (χ4n) is 2.56. The number of nitrogens with one attached hydrogen (secondary N) is 1. The average Bonchev–Trinajstić information content (AvgIpc) is 2.35.